The van der Waals surface area contributed by atoms with Crippen LogP contribution in [0.3, 0.4) is 0 Å². The largest absolute Gasteiger partial charge is 0.467 e. The van der Waals surface area contributed by atoms with Crippen LogP contribution in [0.2, 0.25) is 0 Å². The molecule has 1 unspecified atom stereocenters. The topological polar surface area (TPSA) is 38.3 Å². The Morgan fingerprint density at radius 3 is 2.82 bits per heavy atom. The number of methoxy groups -OCH3 is 1. The van der Waals surface area contributed by atoms with Gasteiger partial charge in [0.15, 0.2) is 0 Å². The van der Waals surface area contributed by atoms with E-state index in [1.165, 1.54) is 7.11 Å². The van der Waals surface area contributed by atoms with E-state index in [4.69, 9.17) is 11.2 Å². The van der Waals surface area contributed by atoms with Gasteiger partial charge in [0.2, 0.25) is 0 Å². The summed E-state index contributed by atoms with van der Waals surface area (Å²) in [6.07, 6.45) is 5.22. The highest BCUT2D eigenvalue weighted by atomic mass is 16.5. The van der Waals surface area contributed by atoms with E-state index in [1.807, 2.05) is 31.2 Å². The Bertz CT molecular complexity index is 448. The number of nitrogens with one attached hydrogen (secondary N) is 1. The second kappa shape index (κ2) is 5.51. The molecule has 3 nitrogen and oxygen atoms in total. The van der Waals surface area contributed by atoms with Crippen molar-refractivity contribution in [2.24, 2.45) is 0 Å². The lowest BCUT2D eigenvalue weighted by atomic mass is 9.91. The van der Waals surface area contributed by atoms with Crippen LogP contribution >= 0.6 is 0 Å². The minimum absolute atomic E-state index is 0.305. The predicted molar refractivity (Wildman–Crippen MR) is 67.4 cm³/mol. The Labute approximate surface area is 102 Å². The minimum atomic E-state index is -0.910. The van der Waals surface area contributed by atoms with E-state index < -0.39 is 5.54 Å². The number of esters is 1. The van der Waals surface area contributed by atoms with Gasteiger partial charge < -0.3 is 4.74 Å². The van der Waals surface area contributed by atoms with Crippen molar-refractivity contribution in [1.29, 1.82) is 0 Å². The van der Waals surface area contributed by atoms with Gasteiger partial charge in [-0.1, -0.05) is 35.7 Å². The SMILES string of the molecule is C#CCNC(C)(C(=O)OC)c1cccc(C)c1. The predicted octanol–water partition coefficient (Wildman–Crippen LogP) is 1.61. The molecule has 0 spiro atoms. The molecule has 1 aromatic rings. The number of carbonyl (C=O) groups excluding carboxylic acids is 1. The lowest BCUT2D eigenvalue weighted by molar-refractivity contribution is -0.148. The average molecular weight is 231 g/mol. The zero-order valence-electron chi connectivity index (χ0n) is 10.4. The molecule has 1 N–H and O–H groups in total. The van der Waals surface area contributed by atoms with Crippen molar-refractivity contribution in [1.82, 2.24) is 5.32 Å². The van der Waals surface area contributed by atoms with Crippen LogP contribution in [0.5, 0.6) is 0 Å². The van der Waals surface area contributed by atoms with E-state index in [0.29, 0.717) is 6.54 Å². The number of hydrogen-bond acceptors (Lipinski definition) is 3. The fourth-order valence-corrected chi connectivity index (χ4v) is 1.68. The molecule has 1 atom stereocenters. The van der Waals surface area contributed by atoms with E-state index in [0.717, 1.165) is 11.1 Å². The van der Waals surface area contributed by atoms with Gasteiger partial charge in [0.05, 0.1) is 13.7 Å². The number of ether oxygens (including phenoxy) is 1. The molecule has 0 aliphatic rings. The Kier molecular flexibility index (Phi) is 4.30. The summed E-state index contributed by atoms with van der Waals surface area (Å²) in [6.45, 7) is 4.05. The highest BCUT2D eigenvalue weighted by Crippen LogP contribution is 2.23. The fraction of sp³-hybridized carbons (Fsp3) is 0.357. The minimum Gasteiger partial charge on any atom is -0.467 e. The number of carbonyl (C=O) groups is 1. The zero-order chi connectivity index (χ0) is 12.9. The molecular formula is C14H17NO2. The van der Waals surface area contributed by atoms with Gasteiger partial charge in [0.25, 0.3) is 0 Å². The van der Waals surface area contributed by atoms with Crippen molar-refractivity contribution in [2.45, 2.75) is 19.4 Å². The van der Waals surface area contributed by atoms with E-state index in [2.05, 4.69) is 11.2 Å². The standard InChI is InChI=1S/C14H17NO2/c1-5-9-15-14(3,13(16)17-4)12-8-6-7-11(2)10-12/h1,6-8,10,15H,9H2,2-4H3. The van der Waals surface area contributed by atoms with Crippen molar-refractivity contribution in [3.8, 4) is 12.3 Å². The molecule has 0 saturated heterocycles. The zero-order valence-corrected chi connectivity index (χ0v) is 10.4. The second-order valence-electron chi connectivity index (χ2n) is 4.04. The number of aryl methyl sites for hydroxylation is 1. The molecule has 17 heavy (non-hydrogen) atoms. The van der Waals surface area contributed by atoms with Crippen molar-refractivity contribution >= 4 is 5.97 Å². The maximum absolute atomic E-state index is 11.9. The molecule has 1 aromatic carbocycles. The Hall–Kier alpha value is -1.79. The average Bonchev–Trinajstić information content (AvgIpc) is 2.34. The number of rotatable bonds is 4. The number of benzene rings is 1. The van der Waals surface area contributed by atoms with Crippen LogP contribution in [0.15, 0.2) is 24.3 Å². The fourth-order valence-electron chi connectivity index (χ4n) is 1.68. The number of hydrogen-bond donors (Lipinski definition) is 1. The van der Waals surface area contributed by atoms with Crippen LogP contribution < -0.4 is 5.32 Å². The van der Waals surface area contributed by atoms with Crippen LogP contribution in [-0.4, -0.2) is 19.6 Å². The lowest BCUT2D eigenvalue weighted by Gasteiger charge is -2.28. The quantitative estimate of drug-likeness (QED) is 0.632. The van der Waals surface area contributed by atoms with Gasteiger partial charge in [0, 0.05) is 0 Å². The molecule has 0 bridgehead atoms. The van der Waals surface area contributed by atoms with Gasteiger partial charge >= 0.3 is 5.97 Å². The smallest absolute Gasteiger partial charge is 0.330 e. The van der Waals surface area contributed by atoms with E-state index in [-0.39, 0.29) is 5.97 Å². The van der Waals surface area contributed by atoms with Crippen molar-refractivity contribution in [2.75, 3.05) is 13.7 Å². The monoisotopic (exact) mass is 231 g/mol. The summed E-state index contributed by atoms with van der Waals surface area (Å²) in [4.78, 5) is 11.9. The molecule has 0 fully saturated rings. The number of terminal acetylenes is 1. The lowest BCUT2D eigenvalue weighted by Crippen LogP contribution is -2.47. The van der Waals surface area contributed by atoms with Crippen molar-refractivity contribution < 1.29 is 9.53 Å². The molecule has 0 aromatic heterocycles. The van der Waals surface area contributed by atoms with Gasteiger partial charge in [0.1, 0.15) is 5.54 Å². The highest BCUT2D eigenvalue weighted by molar-refractivity contribution is 5.82. The van der Waals surface area contributed by atoms with Crippen molar-refractivity contribution in [3.63, 3.8) is 0 Å². The van der Waals surface area contributed by atoms with Crippen LogP contribution in [0, 0.1) is 19.3 Å². The first-order chi connectivity index (χ1) is 8.04. The molecule has 1 rings (SSSR count). The first-order valence-corrected chi connectivity index (χ1v) is 5.38. The summed E-state index contributed by atoms with van der Waals surface area (Å²) in [5.74, 6) is 2.12. The summed E-state index contributed by atoms with van der Waals surface area (Å²) < 4.78 is 4.84. The normalized spacial score (nSPS) is 13.5. The Balaban J connectivity index is 3.14. The maximum atomic E-state index is 11.9. The second-order valence-corrected chi connectivity index (χ2v) is 4.04. The third kappa shape index (κ3) is 2.86. The summed E-state index contributed by atoms with van der Waals surface area (Å²) in [6, 6.07) is 7.71. The molecule has 0 aliphatic heterocycles. The van der Waals surface area contributed by atoms with Gasteiger partial charge in [-0.15, -0.1) is 6.42 Å². The summed E-state index contributed by atoms with van der Waals surface area (Å²) in [7, 11) is 1.37. The molecule has 0 radical (unpaired) electrons. The highest BCUT2D eigenvalue weighted by Gasteiger charge is 2.35. The van der Waals surface area contributed by atoms with Crippen LogP contribution in [0.25, 0.3) is 0 Å². The van der Waals surface area contributed by atoms with Gasteiger partial charge in [-0.25, -0.2) is 4.79 Å². The third-order valence-electron chi connectivity index (χ3n) is 2.73. The maximum Gasteiger partial charge on any atom is 0.330 e. The molecule has 90 valence electrons. The van der Waals surface area contributed by atoms with Crippen LogP contribution in [-0.2, 0) is 15.1 Å². The van der Waals surface area contributed by atoms with Crippen LogP contribution in [0.1, 0.15) is 18.1 Å². The Morgan fingerprint density at radius 2 is 2.29 bits per heavy atom. The Morgan fingerprint density at radius 1 is 1.59 bits per heavy atom. The molecule has 0 amide bonds. The first kappa shape index (κ1) is 13.3. The van der Waals surface area contributed by atoms with Crippen LogP contribution in [0.4, 0.5) is 0 Å². The van der Waals surface area contributed by atoms with E-state index in [1.54, 1.807) is 6.92 Å². The summed E-state index contributed by atoms with van der Waals surface area (Å²) in [5, 5.41) is 3.03. The molecular weight excluding hydrogens is 214 g/mol. The van der Waals surface area contributed by atoms with Gasteiger partial charge in [-0.05, 0) is 19.4 Å². The van der Waals surface area contributed by atoms with Gasteiger partial charge in [-0.2, -0.15) is 0 Å². The first-order valence-electron chi connectivity index (χ1n) is 5.38. The molecule has 3 heteroatoms. The van der Waals surface area contributed by atoms with E-state index >= 15 is 0 Å². The molecule has 0 heterocycles. The van der Waals surface area contributed by atoms with E-state index in [9.17, 15) is 4.79 Å². The third-order valence-corrected chi connectivity index (χ3v) is 2.73. The molecule has 0 saturated carbocycles. The molecule has 0 aliphatic carbocycles. The summed E-state index contributed by atoms with van der Waals surface area (Å²) in [5.41, 5.74) is 1.02. The van der Waals surface area contributed by atoms with Crippen molar-refractivity contribution in [3.05, 3.63) is 35.4 Å². The summed E-state index contributed by atoms with van der Waals surface area (Å²) >= 11 is 0. The van der Waals surface area contributed by atoms with Gasteiger partial charge in [-0.3, -0.25) is 5.32 Å².